The highest BCUT2D eigenvalue weighted by molar-refractivity contribution is 5.87. The number of nitrogens with one attached hydrogen (secondary N) is 2. The third-order valence-corrected chi connectivity index (χ3v) is 8.17. The lowest BCUT2D eigenvalue weighted by Gasteiger charge is -2.27. The number of hydrogen-bond donors (Lipinski definition) is 3. The molecule has 0 bridgehead atoms. The predicted octanol–water partition coefficient (Wildman–Crippen LogP) is 4.79. The summed E-state index contributed by atoms with van der Waals surface area (Å²) in [5.41, 5.74) is 4.49. The van der Waals surface area contributed by atoms with Crippen LogP contribution in [-0.4, -0.2) is 59.8 Å². The number of carbonyl (C=O) groups excluding carboxylic acids is 2. The van der Waals surface area contributed by atoms with Crippen LogP contribution in [0.15, 0.2) is 78.9 Å². The maximum atomic E-state index is 12.8. The Morgan fingerprint density at radius 1 is 0.976 bits per heavy atom. The zero-order valence-electron chi connectivity index (χ0n) is 23.3. The van der Waals surface area contributed by atoms with Gasteiger partial charge >= 0.3 is 12.1 Å². The molecule has 214 valence electrons. The van der Waals surface area contributed by atoms with Crippen LogP contribution in [0.3, 0.4) is 0 Å². The molecule has 1 aliphatic carbocycles. The minimum absolute atomic E-state index is 0.00321. The van der Waals surface area contributed by atoms with E-state index in [0.29, 0.717) is 32.5 Å². The van der Waals surface area contributed by atoms with Crippen LogP contribution in [0.1, 0.15) is 48.8 Å². The standard InChI is InChI=1S/C33H37N3O5/c1-23(19-30(37)35-33(31(38)39)16-18-36(22-33)20-24-9-3-2-4-10-24)15-17-34-32(40)41-21-29-27-13-7-5-11-25(27)26-12-6-8-14-28(26)29/h2-14,23,29H,15-22H2,1H3,(H,34,40)(H,35,37)(H,38,39). The summed E-state index contributed by atoms with van der Waals surface area (Å²) in [6, 6.07) is 26.3. The smallest absolute Gasteiger partial charge is 0.407 e. The van der Waals surface area contributed by atoms with Crippen molar-refractivity contribution < 1.29 is 24.2 Å². The first-order valence-corrected chi connectivity index (χ1v) is 14.2. The summed E-state index contributed by atoms with van der Waals surface area (Å²) < 4.78 is 5.58. The number of nitrogens with zero attached hydrogens (tertiary/aromatic N) is 1. The van der Waals surface area contributed by atoms with E-state index in [2.05, 4.69) is 39.8 Å². The van der Waals surface area contributed by atoms with Crippen LogP contribution in [-0.2, 0) is 20.9 Å². The van der Waals surface area contributed by atoms with Gasteiger partial charge in [0.05, 0.1) is 0 Å². The number of carboxylic acid groups (broad SMARTS) is 1. The van der Waals surface area contributed by atoms with Gasteiger partial charge in [-0.3, -0.25) is 9.69 Å². The van der Waals surface area contributed by atoms with Crippen molar-refractivity contribution in [2.24, 2.45) is 5.92 Å². The summed E-state index contributed by atoms with van der Waals surface area (Å²) in [5.74, 6) is -1.35. The van der Waals surface area contributed by atoms with Gasteiger partial charge in [0.2, 0.25) is 5.91 Å². The second-order valence-electron chi connectivity index (χ2n) is 11.2. The first kappa shape index (κ1) is 28.4. The summed E-state index contributed by atoms with van der Waals surface area (Å²) in [4.78, 5) is 39.5. The van der Waals surface area contributed by atoms with Crippen molar-refractivity contribution in [1.82, 2.24) is 15.5 Å². The monoisotopic (exact) mass is 555 g/mol. The molecule has 3 aromatic rings. The molecule has 1 fully saturated rings. The quantitative estimate of drug-likeness (QED) is 0.314. The van der Waals surface area contributed by atoms with Crippen molar-refractivity contribution in [3.8, 4) is 11.1 Å². The van der Waals surface area contributed by atoms with Gasteiger partial charge in [0.25, 0.3) is 0 Å². The fourth-order valence-electron chi connectivity index (χ4n) is 6.00. The number of fused-ring (bicyclic) bond motifs is 3. The van der Waals surface area contributed by atoms with Gasteiger partial charge in [-0.2, -0.15) is 0 Å². The van der Waals surface area contributed by atoms with Crippen LogP contribution in [0, 0.1) is 5.92 Å². The van der Waals surface area contributed by atoms with Crippen molar-refractivity contribution in [1.29, 1.82) is 0 Å². The molecule has 3 N–H and O–H groups in total. The van der Waals surface area contributed by atoms with Crippen LogP contribution in [0.4, 0.5) is 4.79 Å². The highest BCUT2D eigenvalue weighted by Crippen LogP contribution is 2.44. The van der Waals surface area contributed by atoms with Crippen molar-refractivity contribution in [3.05, 3.63) is 95.6 Å². The van der Waals surface area contributed by atoms with Gasteiger partial charge in [-0.1, -0.05) is 85.8 Å². The Labute approximate surface area is 240 Å². The Balaban J connectivity index is 1.05. The molecule has 2 aliphatic rings. The van der Waals surface area contributed by atoms with Crippen LogP contribution in [0.5, 0.6) is 0 Å². The SMILES string of the molecule is CC(CCNC(=O)OCC1c2ccccc2-c2ccccc21)CC(=O)NC1(C(=O)O)CCN(Cc2ccccc2)C1. The summed E-state index contributed by atoms with van der Waals surface area (Å²) >= 11 is 0. The molecule has 3 aromatic carbocycles. The minimum Gasteiger partial charge on any atom is -0.479 e. The number of likely N-dealkylation sites (tertiary alicyclic amines) is 1. The lowest BCUT2D eigenvalue weighted by molar-refractivity contribution is -0.147. The number of ether oxygens (including phenoxy) is 1. The molecule has 8 heteroatoms. The van der Waals surface area contributed by atoms with Crippen molar-refractivity contribution in [2.75, 3.05) is 26.2 Å². The van der Waals surface area contributed by atoms with Gasteiger partial charge in [-0.15, -0.1) is 0 Å². The van der Waals surface area contributed by atoms with Crippen LogP contribution in [0.25, 0.3) is 11.1 Å². The maximum absolute atomic E-state index is 12.8. The summed E-state index contributed by atoms with van der Waals surface area (Å²) in [6.45, 7) is 4.03. The van der Waals surface area contributed by atoms with Crippen LogP contribution >= 0.6 is 0 Å². The highest BCUT2D eigenvalue weighted by Gasteiger charge is 2.46. The number of rotatable bonds is 11. The number of aliphatic carboxylic acids is 1. The van der Waals surface area contributed by atoms with E-state index in [-0.39, 0.29) is 37.3 Å². The number of carbonyl (C=O) groups is 3. The average Bonchev–Trinajstić information content (AvgIpc) is 3.51. The van der Waals surface area contributed by atoms with Gasteiger partial charge in [-0.25, -0.2) is 9.59 Å². The third kappa shape index (κ3) is 6.60. The van der Waals surface area contributed by atoms with Crippen molar-refractivity contribution >= 4 is 18.0 Å². The number of benzene rings is 3. The Morgan fingerprint density at radius 2 is 1.61 bits per heavy atom. The van der Waals surface area contributed by atoms with E-state index in [9.17, 15) is 19.5 Å². The fraction of sp³-hybridized carbons (Fsp3) is 0.364. The lowest BCUT2D eigenvalue weighted by Crippen LogP contribution is -2.56. The first-order valence-electron chi connectivity index (χ1n) is 14.2. The maximum Gasteiger partial charge on any atom is 0.407 e. The normalized spacial score (nSPS) is 18.8. The van der Waals surface area contributed by atoms with E-state index >= 15 is 0 Å². The Hall–Kier alpha value is -4.17. The molecule has 1 heterocycles. The second kappa shape index (κ2) is 12.6. The van der Waals surface area contributed by atoms with Crippen molar-refractivity contribution in [2.45, 2.75) is 44.2 Å². The molecule has 2 atom stereocenters. The largest absolute Gasteiger partial charge is 0.479 e. The fourth-order valence-corrected chi connectivity index (χ4v) is 6.00. The molecule has 0 radical (unpaired) electrons. The van der Waals surface area contributed by atoms with E-state index < -0.39 is 17.6 Å². The zero-order chi connectivity index (χ0) is 28.8. The summed E-state index contributed by atoms with van der Waals surface area (Å²) in [6.07, 6.45) is 0.620. The molecule has 0 saturated carbocycles. The molecule has 0 spiro atoms. The Kier molecular flexibility index (Phi) is 8.69. The molecule has 41 heavy (non-hydrogen) atoms. The first-order chi connectivity index (χ1) is 19.8. The number of carboxylic acids is 1. The number of hydrogen-bond acceptors (Lipinski definition) is 5. The number of amides is 2. The topological polar surface area (TPSA) is 108 Å². The molecule has 1 saturated heterocycles. The van der Waals surface area contributed by atoms with Gasteiger partial charge in [-0.05, 0) is 46.6 Å². The molecule has 2 amide bonds. The predicted molar refractivity (Wildman–Crippen MR) is 156 cm³/mol. The molecule has 5 rings (SSSR count). The van der Waals surface area contributed by atoms with E-state index in [4.69, 9.17) is 4.74 Å². The molecular formula is C33H37N3O5. The van der Waals surface area contributed by atoms with E-state index in [1.807, 2.05) is 61.5 Å². The number of alkyl carbamates (subject to hydrolysis) is 1. The van der Waals surface area contributed by atoms with Gasteiger partial charge in [0.1, 0.15) is 6.61 Å². The van der Waals surface area contributed by atoms with Gasteiger partial charge in [0.15, 0.2) is 5.54 Å². The van der Waals surface area contributed by atoms with Crippen molar-refractivity contribution in [3.63, 3.8) is 0 Å². The Bertz CT molecular complexity index is 1350. The molecule has 1 aliphatic heterocycles. The highest BCUT2D eigenvalue weighted by atomic mass is 16.5. The second-order valence-corrected chi connectivity index (χ2v) is 11.2. The van der Waals surface area contributed by atoms with E-state index in [0.717, 1.165) is 16.7 Å². The zero-order valence-corrected chi connectivity index (χ0v) is 23.3. The third-order valence-electron chi connectivity index (χ3n) is 8.17. The minimum atomic E-state index is -1.29. The lowest BCUT2D eigenvalue weighted by atomic mass is 9.97. The molecule has 2 unspecified atom stereocenters. The van der Waals surface area contributed by atoms with E-state index in [1.54, 1.807) is 0 Å². The van der Waals surface area contributed by atoms with Gasteiger partial charge in [0, 0.05) is 38.5 Å². The Morgan fingerprint density at radius 3 is 2.27 bits per heavy atom. The van der Waals surface area contributed by atoms with Crippen LogP contribution in [0.2, 0.25) is 0 Å². The average molecular weight is 556 g/mol. The molecular weight excluding hydrogens is 518 g/mol. The van der Waals surface area contributed by atoms with Gasteiger partial charge < -0.3 is 20.5 Å². The summed E-state index contributed by atoms with van der Waals surface area (Å²) in [7, 11) is 0. The van der Waals surface area contributed by atoms with Crippen LogP contribution < -0.4 is 10.6 Å². The molecule has 0 aromatic heterocycles. The summed E-state index contributed by atoms with van der Waals surface area (Å²) in [5, 5.41) is 15.6. The van der Waals surface area contributed by atoms with E-state index in [1.165, 1.54) is 11.1 Å². The molecule has 8 nitrogen and oxygen atoms in total.